The number of ether oxygens (including phenoxy) is 1. The molecule has 1 aromatic carbocycles. The SMILES string of the molecule is COc1ccc(CC(=O)N2CCCC(C)(O)CC2)cc1. The lowest BCUT2D eigenvalue weighted by molar-refractivity contribution is -0.130. The van der Waals surface area contributed by atoms with Crippen molar-refractivity contribution in [1.29, 1.82) is 0 Å². The van der Waals surface area contributed by atoms with Crippen LogP contribution < -0.4 is 4.74 Å². The number of aliphatic hydroxyl groups is 1. The van der Waals surface area contributed by atoms with Crippen LogP contribution in [0.2, 0.25) is 0 Å². The average molecular weight is 277 g/mol. The smallest absolute Gasteiger partial charge is 0.226 e. The molecule has 0 radical (unpaired) electrons. The molecule has 0 spiro atoms. The number of rotatable bonds is 3. The summed E-state index contributed by atoms with van der Waals surface area (Å²) in [5.74, 6) is 0.930. The first-order chi connectivity index (χ1) is 9.50. The van der Waals surface area contributed by atoms with Crippen LogP contribution in [-0.2, 0) is 11.2 Å². The Morgan fingerprint density at radius 2 is 2.00 bits per heavy atom. The van der Waals surface area contributed by atoms with Gasteiger partial charge in [-0.1, -0.05) is 12.1 Å². The van der Waals surface area contributed by atoms with Gasteiger partial charge in [0.05, 0.1) is 19.1 Å². The monoisotopic (exact) mass is 277 g/mol. The predicted molar refractivity (Wildman–Crippen MR) is 77.8 cm³/mol. The number of hydrogen-bond acceptors (Lipinski definition) is 3. The Morgan fingerprint density at radius 3 is 2.65 bits per heavy atom. The molecule has 1 unspecified atom stereocenters. The van der Waals surface area contributed by atoms with Gasteiger partial charge in [0, 0.05) is 13.1 Å². The topological polar surface area (TPSA) is 49.8 Å². The molecular formula is C16H23NO3. The molecule has 4 heteroatoms. The van der Waals surface area contributed by atoms with Crippen molar-refractivity contribution in [3.8, 4) is 5.75 Å². The lowest BCUT2D eigenvalue weighted by Crippen LogP contribution is -2.34. The zero-order chi connectivity index (χ0) is 14.6. The largest absolute Gasteiger partial charge is 0.497 e. The number of carbonyl (C=O) groups is 1. The maximum absolute atomic E-state index is 12.3. The van der Waals surface area contributed by atoms with Gasteiger partial charge in [-0.15, -0.1) is 0 Å². The van der Waals surface area contributed by atoms with Crippen LogP contribution in [0.15, 0.2) is 24.3 Å². The summed E-state index contributed by atoms with van der Waals surface area (Å²) in [5.41, 5.74) is 0.363. The molecule has 1 aromatic rings. The van der Waals surface area contributed by atoms with Crippen molar-refractivity contribution in [2.75, 3.05) is 20.2 Å². The van der Waals surface area contributed by atoms with Gasteiger partial charge in [-0.2, -0.15) is 0 Å². The van der Waals surface area contributed by atoms with Gasteiger partial charge >= 0.3 is 0 Å². The molecule has 1 saturated heterocycles. The molecule has 2 rings (SSSR count). The molecule has 1 amide bonds. The van der Waals surface area contributed by atoms with Crippen molar-refractivity contribution in [3.05, 3.63) is 29.8 Å². The summed E-state index contributed by atoms with van der Waals surface area (Å²) in [4.78, 5) is 14.2. The third-order valence-electron chi connectivity index (χ3n) is 3.93. The molecule has 20 heavy (non-hydrogen) atoms. The normalized spacial score (nSPS) is 23.2. The molecule has 1 atom stereocenters. The highest BCUT2D eigenvalue weighted by Crippen LogP contribution is 2.22. The number of nitrogens with zero attached hydrogens (tertiary/aromatic N) is 1. The fraction of sp³-hybridized carbons (Fsp3) is 0.562. The van der Waals surface area contributed by atoms with Gasteiger partial charge in [0.25, 0.3) is 0 Å². The molecule has 1 aliphatic heterocycles. The molecule has 0 aliphatic carbocycles. The highest BCUT2D eigenvalue weighted by Gasteiger charge is 2.26. The maximum atomic E-state index is 12.3. The summed E-state index contributed by atoms with van der Waals surface area (Å²) in [6.07, 6.45) is 2.69. The van der Waals surface area contributed by atoms with Crippen LogP contribution in [0.4, 0.5) is 0 Å². The summed E-state index contributed by atoms with van der Waals surface area (Å²) in [6, 6.07) is 7.58. The Hall–Kier alpha value is -1.55. The van der Waals surface area contributed by atoms with Gasteiger partial charge < -0.3 is 14.7 Å². The second kappa shape index (κ2) is 6.27. The van der Waals surface area contributed by atoms with Gasteiger partial charge in [-0.25, -0.2) is 0 Å². The minimum Gasteiger partial charge on any atom is -0.497 e. The van der Waals surface area contributed by atoms with Crippen LogP contribution in [0.3, 0.4) is 0 Å². The maximum Gasteiger partial charge on any atom is 0.226 e. The van der Waals surface area contributed by atoms with E-state index in [2.05, 4.69) is 0 Å². The van der Waals surface area contributed by atoms with E-state index in [1.165, 1.54) is 0 Å². The molecule has 0 saturated carbocycles. The summed E-state index contributed by atoms with van der Waals surface area (Å²) in [6.45, 7) is 3.23. The Morgan fingerprint density at radius 1 is 1.30 bits per heavy atom. The van der Waals surface area contributed by atoms with E-state index in [0.29, 0.717) is 19.4 Å². The number of likely N-dealkylation sites (tertiary alicyclic amines) is 1. The third kappa shape index (κ3) is 3.97. The molecule has 1 heterocycles. The van der Waals surface area contributed by atoms with Crippen LogP contribution in [0.1, 0.15) is 31.7 Å². The Labute approximate surface area is 120 Å². The molecule has 1 aliphatic rings. The van der Waals surface area contributed by atoms with E-state index in [1.807, 2.05) is 36.1 Å². The first-order valence-electron chi connectivity index (χ1n) is 7.13. The number of methoxy groups -OCH3 is 1. The molecular weight excluding hydrogens is 254 g/mol. The first kappa shape index (κ1) is 14.9. The van der Waals surface area contributed by atoms with Crippen molar-refractivity contribution in [2.45, 2.75) is 38.2 Å². The van der Waals surface area contributed by atoms with E-state index < -0.39 is 5.60 Å². The summed E-state index contributed by atoms with van der Waals surface area (Å²) in [7, 11) is 1.63. The minimum absolute atomic E-state index is 0.132. The van der Waals surface area contributed by atoms with Gasteiger partial charge in [0.1, 0.15) is 5.75 Å². The van der Waals surface area contributed by atoms with Gasteiger partial charge in [-0.05, 0) is 43.9 Å². The van der Waals surface area contributed by atoms with Gasteiger partial charge in [0.2, 0.25) is 5.91 Å². The highest BCUT2D eigenvalue weighted by atomic mass is 16.5. The van der Waals surface area contributed by atoms with Crippen LogP contribution >= 0.6 is 0 Å². The van der Waals surface area contributed by atoms with Crippen LogP contribution in [0.5, 0.6) is 5.75 Å². The lowest BCUT2D eigenvalue weighted by Gasteiger charge is -2.22. The Balaban J connectivity index is 1.93. The Bertz CT molecular complexity index is 453. The van der Waals surface area contributed by atoms with Crippen molar-refractivity contribution >= 4 is 5.91 Å². The van der Waals surface area contributed by atoms with E-state index in [1.54, 1.807) is 7.11 Å². The van der Waals surface area contributed by atoms with Crippen molar-refractivity contribution in [1.82, 2.24) is 4.90 Å². The van der Waals surface area contributed by atoms with E-state index in [4.69, 9.17) is 4.74 Å². The Kier molecular flexibility index (Phi) is 4.65. The zero-order valence-electron chi connectivity index (χ0n) is 12.3. The zero-order valence-corrected chi connectivity index (χ0v) is 12.3. The molecule has 0 aromatic heterocycles. The van der Waals surface area contributed by atoms with Gasteiger partial charge in [-0.3, -0.25) is 4.79 Å². The molecule has 1 fully saturated rings. The quantitative estimate of drug-likeness (QED) is 0.919. The third-order valence-corrected chi connectivity index (χ3v) is 3.93. The second-order valence-corrected chi connectivity index (χ2v) is 5.76. The van der Waals surface area contributed by atoms with Crippen molar-refractivity contribution in [3.63, 3.8) is 0 Å². The fourth-order valence-corrected chi connectivity index (χ4v) is 2.54. The van der Waals surface area contributed by atoms with Crippen LogP contribution in [-0.4, -0.2) is 41.7 Å². The van der Waals surface area contributed by atoms with E-state index >= 15 is 0 Å². The van der Waals surface area contributed by atoms with E-state index in [0.717, 1.165) is 30.7 Å². The fourth-order valence-electron chi connectivity index (χ4n) is 2.54. The summed E-state index contributed by atoms with van der Waals surface area (Å²) < 4.78 is 5.11. The molecule has 110 valence electrons. The van der Waals surface area contributed by atoms with Crippen molar-refractivity contribution in [2.24, 2.45) is 0 Å². The molecule has 0 bridgehead atoms. The van der Waals surface area contributed by atoms with Gasteiger partial charge in [0.15, 0.2) is 0 Å². The van der Waals surface area contributed by atoms with E-state index in [-0.39, 0.29) is 5.91 Å². The van der Waals surface area contributed by atoms with Crippen molar-refractivity contribution < 1.29 is 14.6 Å². The molecule has 4 nitrogen and oxygen atoms in total. The predicted octanol–water partition coefficient (Wildman–Crippen LogP) is 2.00. The number of carbonyl (C=O) groups excluding carboxylic acids is 1. The second-order valence-electron chi connectivity index (χ2n) is 5.76. The highest BCUT2D eigenvalue weighted by molar-refractivity contribution is 5.78. The number of benzene rings is 1. The lowest BCUT2D eigenvalue weighted by atomic mass is 9.98. The first-order valence-corrected chi connectivity index (χ1v) is 7.13. The minimum atomic E-state index is -0.630. The molecule has 1 N–H and O–H groups in total. The number of amides is 1. The van der Waals surface area contributed by atoms with E-state index in [9.17, 15) is 9.90 Å². The summed E-state index contributed by atoms with van der Waals surface area (Å²) in [5, 5.41) is 10.0. The van der Waals surface area contributed by atoms with Crippen LogP contribution in [0, 0.1) is 0 Å². The standard InChI is InChI=1S/C16H23NO3/c1-16(19)8-3-10-17(11-9-16)15(18)12-13-4-6-14(20-2)7-5-13/h4-7,19H,3,8-12H2,1-2H3. The van der Waals surface area contributed by atoms with Crippen LogP contribution in [0.25, 0.3) is 0 Å². The average Bonchev–Trinajstić information content (AvgIpc) is 2.60. The summed E-state index contributed by atoms with van der Waals surface area (Å²) >= 11 is 0. The number of hydrogen-bond donors (Lipinski definition) is 1.